The lowest BCUT2D eigenvalue weighted by Gasteiger charge is -2.32. The molecule has 0 aromatic heterocycles. The van der Waals surface area contributed by atoms with Crippen LogP contribution in [0.1, 0.15) is 37.8 Å². The lowest BCUT2D eigenvalue weighted by atomic mass is 10.0. The number of nitrogens with zero attached hydrogens (tertiary/aromatic N) is 3. The van der Waals surface area contributed by atoms with E-state index < -0.39 is 28.7 Å². The van der Waals surface area contributed by atoms with Crippen molar-refractivity contribution in [2.75, 3.05) is 4.90 Å². The minimum absolute atomic E-state index is 0.00106. The number of alkyl halides is 3. The summed E-state index contributed by atoms with van der Waals surface area (Å²) in [6.45, 7) is 3.38. The minimum atomic E-state index is -4.71. The molecule has 27 heavy (non-hydrogen) atoms. The van der Waals surface area contributed by atoms with Gasteiger partial charge in [0, 0.05) is 5.70 Å². The molecule has 0 radical (unpaired) electrons. The Bertz CT molecular complexity index is 925. The fourth-order valence-electron chi connectivity index (χ4n) is 3.28. The molecule has 0 atom stereocenters. The van der Waals surface area contributed by atoms with Gasteiger partial charge in [-0.2, -0.15) is 18.4 Å². The molecule has 1 fully saturated rings. The number of hydrogen-bond donors (Lipinski definition) is 0. The summed E-state index contributed by atoms with van der Waals surface area (Å²) in [7, 11) is 0. The smallest absolute Gasteiger partial charge is 0.307 e. The van der Waals surface area contributed by atoms with E-state index in [-0.39, 0.29) is 10.8 Å². The molecule has 1 aromatic carbocycles. The zero-order valence-electron chi connectivity index (χ0n) is 14.7. The summed E-state index contributed by atoms with van der Waals surface area (Å²) in [5.41, 5.74) is -1.78. The molecule has 3 rings (SSSR count). The molecule has 0 unspecified atom stereocenters. The Morgan fingerprint density at radius 2 is 2.00 bits per heavy atom. The number of amides is 1. The highest BCUT2D eigenvalue weighted by Crippen LogP contribution is 2.39. The van der Waals surface area contributed by atoms with E-state index in [1.807, 2.05) is 18.2 Å². The van der Waals surface area contributed by atoms with E-state index >= 15 is 0 Å². The third kappa shape index (κ3) is 3.12. The van der Waals surface area contributed by atoms with Crippen molar-refractivity contribution in [3.63, 3.8) is 0 Å². The predicted octanol–water partition coefficient (Wildman–Crippen LogP) is 4.52. The maximum atomic E-state index is 13.3. The van der Waals surface area contributed by atoms with Crippen LogP contribution in [-0.4, -0.2) is 21.5 Å². The van der Waals surface area contributed by atoms with Crippen LogP contribution in [0.5, 0.6) is 0 Å². The first kappa shape index (κ1) is 19.1. The Hall–Kier alpha value is -2.66. The zero-order valence-corrected chi connectivity index (χ0v) is 15.5. The van der Waals surface area contributed by atoms with Crippen LogP contribution in [0.2, 0.25) is 0 Å². The number of allylic oxidation sites excluding steroid dienone is 4. The lowest BCUT2D eigenvalue weighted by Crippen LogP contribution is -2.43. The van der Waals surface area contributed by atoms with Crippen LogP contribution in [0.15, 0.2) is 42.1 Å². The molecular formula is C19H16F3N3OS. The van der Waals surface area contributed by atoms with Gasteiger partial charge in [-0.3, -0.25) is 9.69 Å². The van der Waals surface area contributed by atoms with Gasteiger partial charge in [-0.25, -0.2) is 0 Å². The first-order valence-corrected chi connectivity index (χ1v) is 8.65. The molecule has 140 valence electrons. The molecule has 1 heterocycles. The molecule has 0 spiro atoms. The Balaban J connectivity index is 2.09. The number of carbonyl (C=O) groups excluding carboxylic acids is 1. The van der Waals surface area contributed by atoms with Crippen molar-refractivity contribution >= 4 is 28.9 Å². The summed E-state index contributed by atoms with van der Waals surface area (Å²) in [4.78, 5) is 15.8. The van der Waals surface area contributed by atoms with Crippen LogP contribution in [0.25, 0.3) is 0 Å². The van der Waals surface area contributed by atoms with Gasteiger partial charge in [0.15, 0.2) is 5.11 Å². The number of nitriles is 1. The van der Waals surface area contributed by atoms with Crippen LogP contribution in [0.4, 0.5) is 18.9 Å². The van der Waals surface area contributed by atoms with E-state index in [2.05, 4.69) is 0 Å². The summed E-state index contributed by atoms with van der Waals surface area (Å²) in [6, 6.07) is 4.71. The normalized spacial score (nSPS) is 19.3. The summed E-state index contributed by atoms with van der Waals surface area (Å²) in [6.07, 6.45) is 2.48. The van der Waals surface area contributed by atoms with Crippen molar-refractivity contribution in [1.29, 1.82) is 5.26 Å². The summed E-state index contributed by atoms with van der Waals surface area (Å²) < 4.78 is 39.9. The molecule has 2 aliphatic rings. The molecule has 1 aliphatic heterocycles. The molecule has 4 nitrogen and oxygen atoms in total. The first-order chi connectivity index (χ1) is 12.6. The Labute approximate surface area is 160 Å². The molecule has 1 saturated heterocycles. The second kappa shape index (κ2) is 6.50. The number of halogens is 3. The van der Waals surface area contributed by atoms with Crippen molar-refractivity contribution < 1.29 is 18.0 Å². The topological polar surface area (TPSA) is 47.3 Å². The molecule has 0 bridgehead atoms. The monoisotopic (exact) mass is 391 g/mol. The summed E-state index contributed by atoms with van der Waals surface area (Å²) in [5.74, 6) is -0.416. The highest BCUT2D eigenvalue weighted by molar-refractivity contribution is 7.80. The molecular weight excluding hydrogens is 375 g/mol. The predicted molar refractivity (Wildman–Crippen MR) is 98.6 cm³/mol. The highest BCUT2D eigenvalue weighted by Gasteiger charge is 2.51. The second-order valence-electron chi connectivity index (χ2n) is 6.78. The van der Waals surface area contributed by atoms with E-state index in [0.717, 1.165) is 29.2 Å². The van der Waals surface area contributed by atoms with Crippen molar-refractivity contribution in [2.24, 2.45) is 0 Å². The van der Waals surface area contributed by atoms with Crippen molar-refractivity contribution in [1.82, 2.24) is 4.90 Å². The fraction of sp³-hybridized carbons (Fsp3) is 0.316. The number of hydrogen-bond acceptors (Lipinski definition) is 3. The van der Waals surface area contributed by atoms with Crippen molar-refractivity contribution in [3.8, 4) is 6.07 Å². The van der Waals surface area contributed by atoms with E-state index in [4.69, 9.17) is 17.5 Å². The second-order valence-corrected chi connectivity index (χ2v) is 7.15. The largest absolute Gasteiger partial charge is 0.417 e. The van der Waals surface area contributed by atoms with E-state index in [9.17, 15) is 18.0 Å². The average Bonchev–Trinajstić information content (AvgIpc) is 2.79. The third-order valence-corrected chi connectivity index (χ3v) is 5.00. The van der Waals surface area contributed by atoms with Gasteiger partial charge in [-0.1, -0.05) is 12.2 Å². The summed E-state index contributed by atoms with van der Waals surface area (Å²) >= 11 is 5.47. The molecule has 1 amide bonds. The first-order valence-electron chi connectivity index (χ1n) is 8.25. The lowest BCUT2D eigenvalue weighted by molar-refractivity contribution is -0.137. The molecule has 8 heteroatoms. The standard InChI is InChI=1S/C19H16F3N3OS/c1-18(2)16(26)24(17(27)25(18)13-6-4-3-5-7-13)14-9-8-12(11-23)15(10-14)19(20,21)22/h3-4,6,8-10H,5,7H2,1-2H3. The van der Waals surface area contributed by atoms with Crippen LogP contribution in [0, 0.1) is 11.3 Å². The SMILES string of the molecule is CC1(C)C(=O)N(c2ccc(C#N)c(C(F)(F)F)c2)C(=S)N1C1=CC=CCC1. The van der Waals surface area contributed by atoms with Crippen LogP contribution in [0.3, 0.4) is 0 Å². The number of thiocarbonyl (C=S) groups is 1. The van der Waals surface area contributed by atoms with Gasteiger partial charge >= 0.3 is 6.18 Å². The van der Waals surface area contributed by atoms with Crippen LogP contribution in [-0.2, 0) is 11.0 Å². The molecule has 0 saturated carbocycles. The average molecular weight is 391 g/mol. The quantitative estimate of drug-likeness (QED) is 0.696. The maximum Gasteiger partial charge on any atom is 0.417 e. The van der Waals surface area contributed by atoms with Gasteiger partial charge in [-0.15, -0.1) is 0 Å². The molecule has 1 aliphatic carbocycles. The van der Waals surface area contributed by atoms with Crippen molar-refractivity contribution in [3.05, 3.63) is 53.3 Å². The zero-order chi connectivity index (χ0) is 20.0. The molecule has 0 N–H and O–H groups in total. The van der Waals surface area contributed by atoms with E-state index in [1.165, 1.54) is 12.1 Å². The van der Waals surface area contributed by atoms with Gasteiger partial charge in [0.1, 0.15) is 5.54 Å². The third-order valence-electron chi connectivity index (χ3n) is 4.63. The van der Waals surface area contributed by atoms with Gasteiger partial charge < -0.3 is 4.90 Å². The fourth-order valence-corrected chi connectivity index (χ4v) is 3.82. The van der Waals surface area contributed by atoms with E-state index in [1.54, 1.807) is 18.7 Å². The van der Waals surface area contributed by atoms with Crippen LogP contribution < -0.4 is 4.90 Å². The van der Waals surface area contributed by atoms with Gasteiger partial charge in [0.25, 0.3) is 5.91 Å². The number of anilines is 1. The van der Waals surface area contributed by atoms with Gasteiger partial charge in [-0.05, 0) is 63.2 Å². The number of carbonyl (C=O) groups is 1. The van der Waals surface area contributed by atoms with Crippen molar-refractivity contribution in [2.45, 2.75) is 38.4 Å². The Morgan fingerprint density at radius 1 is 1.30 bits per heavy atom. The minimum Gasteiger partial charge on any atom is -0.307 e. The van der Waals surface area contributed by atoms with E-state index in [0.29, 0.717) is 6.42 Å². The highest BCUT2D eigenvalue weighted by atomic mass is 32.1. The van der Waals surface area contributed by atoms with Crippen LogP contribution >= 0.6 is 12.2 Å². The number of benzene rings is 1. The Kier molecular flexibility index (Phi) is 4.60. The summed E-state index contributed by atoms with van der Waals surface area (Å²) in [5, 5.41) is 9.09. The van der Waals surface area contributed by atoms with Gasteiger partial charge in [0.05, 0.1) is 22.9 Å². The van der Waals surface area contributed by atoms with Gasteiger partial charge in [0.2, 0.25) is 0 Å². The number of rotatable bonds is 2. The Morgan fingerprint density at radius 3 is 2.56 bits per heavy atom. The molecule has 1 aromatic rings. The maximum absolute atomic E-state index is 13.3.